The molecule has 0 spiro atoms. The van der Waals surface area contributed by atoms with Gasteiger partial charge >= 0.3 is 0 Å². The minimum absolute atomic E-state index is 0.0150. The summed E-state index contributed by atoms with van der Waals surface area (Å²) in [6, 6.07) is 0. The average Bonchev–Trinajstić information content (AvgIpc) is 2.75. The summed E-state index contributed by atoms with van der Waals surface area (Å²) < 4.78 is 40.8. The van der Waals surface area contributed by atoms with Crippen molar-refractivity contribution in [3.8, 4) is 0 Å². The Kier molecular flexibility index (Phi) is 11.0. The molecule has 178 valence electrons. The fourth-order valence-electron chi connectivity index (χ4n) is 5.86. The molecule has 0 aliphatic heterocycles. The van der Waals surface area contributed by atoms with Gasteiger partial charge in [-0.3, -0.25) is 0 Å². The van der Waals surface area contributed by atoms with E-state index in [1.807, 2.05) is 34.6 Å². The third kappa shape index (κ3) is 7.15. The van der Waals surface area contributed by atoms with Gasteiger partial charge in [0, 0.05) is 6.61 Å². The van der Waals surface area contributed by atoms with E-state index >= 15 is 0 Å². The largest absolute Gasteiger partial charge is 0.375 e. The lowest BCUT2D eigenvalue weighted by atomic mass is 9.69. The molecule has 3 rings (SSSR count). The number of rotatable bonds is 6. The van der Waals surface area contributed by atoms with Gasteiger partial charge in [-0.1, -0.05) is 40.5 Å². The van der Waals surface area contributed by atoms with Crippen LogP contribution < -0.4 is 0 Å². The normalized spacial score (nSPS) is 42.5. The first-order valence-corrected chi connectivity index (χ1v) is 12.9. The highest BCUT2D eigenvalue weighted by atomic mass is 19.2. The van der Waals surface area contributed by atoms with Crippen LogP contribution in [-0.4, -0.2) is 37.3 Å². The summed E-state index contributed by atoms with van der Waals surface area (Å²) in [6.45, 7) is 12.7. The summed E-state index contributed by atoms with van der Waals surface area (Å²) in [6.07, 6.45) is 6.64. The topological polar surface area (TPSA) is 18.5 Å². The summed E-state index contributed by atoms with van der Waals surface area (Å²) in [4.78, 5) is 0. The van der Waals surface area contributed by atoms with Crippen LogP contribution in [0.2, 0.25) is 0 Å². The molecule has 4 heteroatoms. The van der Waals surface area contributed by atoms with E-state index in [1.165, 1.54) is 51.4 Å². The zero-order valence-corrected chi connectivity index (χ0v) is 20.4. The van der Waals surface area contributed by atoms with Crippen molar-refractivity contribution in [2.75, 3.05) is 6.61 Å². The van der Waals surface area contributed by atoms with E-state index in [0.717, 1.165) is 17.8 Å². The first-order valence-electron chi connectivity index (χ1n) is 12.9. The van der Waals surface area contributed by atoms with Gasteiger partial charge in [0.15, 0.2) is 12.3 Å². The summed E-state index contributed by atoms with van der Waals surface area (Å²) in [5.74, 6) is 3.23. The smallest absolute Gasteiger partial charge is 0.160 e. The zero-order valence-electron chi connectivity index (χ0n) is 20.4. The Hall–Kier alpha value is -0.220. The molecule has 30 heavy (non-hydrogen) atoms. The molecule has 0 N–H and O–H groups in total. The van der Waals surface area contributed by atoms with Crippen molar-refractivity contribution in [1.82, 2.24) is 0 Å². The quantitative estimate of drug-likeness (QED) is 0.433. The van der Waals surface area contributed by atoms with E-state index in [9.17, 15) is 8.78 Å². The highest BCUT2D eigenvalue weighted by molar-refractivity contribution is 4.94. The molecule has 3 aliphatic carbocycles. The number of alkyl halides is 2. The van der Waals surface area contributed by atoms with Gasteiger partial charge in [-0.15, -0.1) is 0 Å². The molecule has 0 aromatic carbocycles. The second kappa shape index (κ2) is 12.7. The molecule has 0 saturated heterocycles. The number of ether oxygens (including phenoxy) is 2. The lowest BCUT2D eigenvalue weighted by molar-refractivity contribution is -0.155. The maximum Gasteiger partial charge on any atom is 0.160 e. The molecule has 0 aromatic rings. The molecular weight excluding hydrogens is 382 g/mol. The maximum atomic E-state index is 14.6. The third-order valence-corrected chi connectivity index (χ3v) is 7.73. The van der Waals surface area contributed by atoms with Gasteiger partial charge in [0.05, 0.1) is 18.3 Å². The number of hydrogen-bond donors (Lipinski definition) is 0. The molecule has 0 aromatic heterocycles. The summed E-state index contributed by atoms with van der Waals surface area (Å²) in [5.41, 5.74) is 0. The molecule has 2 nitrogen and oxygen atoms in total. The van der Waals surface area contributed by atoms with Gasteiger partial charge in [-0.05, 0) is 88.4 Å². The van der Waals surface area contributed by atoms with Crippen LogP contribution >= 0.6 is 0 Å². The van der Waals surface area contributed by atoms with Crippen molar-refractivity contribution in [2.45, 2.75) is 130 Å². The average molecular weight is 431 g/mol. The van der Waals surface area contributed by atoms with Gasteiger partial charge in [0.2, 0.25) is 0 Å². The summed E-state index contributed by atoms with van der Waals surface area (Å²) in [5, 5.41) is 0. The monoisotopic (exact) mass is 430 g/mol. The van der Waals surface area contributed by atoms with E-state index < -0.39 is 24.6 Å². The van der Waals surface area contributed by atoms with E-state index in [2.05, 4.69) is 6.92 Å². The van der Waals surface area contributed by atoms with Gasteiger partial charge < -0.3 is 9.47 Å². The first kappa shape index (κ1) is 26.0. The van der Waals surface area contributed by atoms with Crippen LogP contribution in [0.5, 0.6) is 0 Å². The summed E-state index contributed by atoms with van der Waals surface area (Å²) in [7, 11) is 0. The Bertz CT molecular complexity index is 456. The van der Waals surface area contributed by atoms with Crippen molar-refractivity contribution in [3.63, 3.8) is 0 Å². The van der Waals surface area contributed by atoms with Crippen molar-refractivity contribution < 1.29 is 18.3 Å². The highest BCUT2D eigenvalue weighted by Gasteiger charge is 2.46. The number of hydrogen-bond acceptors (Lipinski definition) is 2. The molecule has 0 heterocycles. The zero-order chi connectivity index (χ0) is 22.3. The van der Waals surface area contributed by atoms with Crippen LogP contribution in [0.25, 0.3) is 0 Å². The second-order valence-electron chi connectivity index (χ2n) is 10.4. The molecule has 3 aliphatic rings. The lowest BCUT2D eigenvalue weighted by Gasteiger charge is -2.41. The molecule has 5 atom stereocenters. The first-order chi connectivity index (χ1) is 14.3. The van der Waals surface area contributed by atoms with Crippen molar-refractivity contribution in [3.05, 3.63) is 0 Å². The summed E-state index contributed by atoms with van der Waals surface area (Å²) >= 11 is 0. The molecule has 5 unspecified atom stereocenters. The maximum absolute atomic E-state index is 14.6. The molecule has 0 bridgehead atoms. The molecule has 3 fully saturated rings. The minimum atomic E-state index is -1.58. The van der Waals surface area contributed by atoms with Gasteiger partial charge in [-0.2, -0.15) is 0 Å². The lowest BCUT2D eigenvalue weighted by Crippen LogP contribution is -2.51. The molecule has 0 amide bonds. The molecule has 0 radical (unpaired) electrons. The standard InChI is InChI=1S/C24H42F2O2.C2H6/c1-15(2)28-24-17(4)13-21(22(25)23(24)26)27-14-18-7-11-20(12-8-18)19-9-5-16(3)6-10-19;1-2/h15-24H,5-14H2,1-4H3;1-2H3. The van der Waals surface area contributed by atoms with Gasteiger partial charge in [-0.25, -0.2) is 8.78 Å². The Balaban J connectivity index is 0.00000155. The second-order valence-corrected chi connectivity index (χ2v) is 10.4. The van der Waals surface area contributed by atoms with E-state index in [0.29, 0.717) is 18.9 Å². The highest BCUT2D eigenvalue weighted by Crippen LogP contribution is 2.42. The van der Waals surface area contributed by atoms with Crippen LogP contribution in [0, 0.1) is 29.6 Å². The van der Waals surface area contributed by atoms with E-state index in [-0.39, 0.29) is 12.0 Å². The van der Waals surface area contributed by atoms with E-state index in [1.54, 1.807) is 0 Å². The Morgan fingerprint density at radius 3 is 1.87 bits per heavy atom. The molecular formula is C26H48F2O2. The SMILES string of the molecule is CC.CC1CCC(C2CCC(COC3CC(C)C(OC(C)C)C(F)C3F)CC2)CC1. The van der Waals surface area contributed by atoms with Crippen LogP contribution in [0.4, 0.5) is 8.78 Å². The Morgan fingerprint density at radius 2 is 1.33 bits per heavy atom. The van der Waals surface area contributed by atoms with Gasteiger partial charge in [0.1, 0.15) is 0 Å². The van der Waals surface area contributed by atoms with Crippen LogP contribution in [0.3, 0.4) is 0 Å². The van der Waals surface area contributed by atoms with Gasteiger partial charge in [0.25, 0.3) is 0 Å². The predicted molar refractivity (Wildman–Crippen MR) is 121 cm³/mol. The van der Waals surface area contributed by atoms with Crippen LogP contribution in [-0.2, 0) is 9.47 Å². The fourth-order valence-corrected chi connectivity index (χ4v) is 5.86. The number of halogens is 2. The van der Waals surface area contributed by atoms with Crippen LogP contribution in [0.1, 0.15) is 99.3 Å². The third-order valence-electron chi connectivity index (χ3n) is 7.73. The minimum Gasteiger partial charge on any atom is -0.375 e. The van der Waals surface area contributed by atoms with Crippen molar-refractivity contribution in [1.29, 1.82) is 0 Å². The van der Waals surface area contributed by atoms with Crippen LogP contribution in [0.15, 0.2) is 0 Å². The van der Waals surface area contributed by atoms with Crippen molar-refractivity contribution >= 4 is 0 Å². The Labute approximate surface area is 184 Å². The van der Waals surface area contributed by atoms with E-state index in [4.69, 9.17) is 9.47 Å². The Morgan fingerprint density at radius 1 is 0.800 bits per heavy atom. The molecule has 3 saturated carbocycles. The predicted octanol–water partition coefficient (Wildman–Crippen LogP) is 7.54. The fraction of sp³-hybridized carbons (Fsp3) is 1.00. The van der Waals surface area contributed by atoms with Crippen molar-refractivity contribution in [2.24, 2.45) is 29.6 Å².